The fraction of sp³-hybridized carbons (Fsp3) is 0.591. The number of carbonyl (C=O) groups is 2. The molecule has 0 aromatic heterocycles. The van der Waals surface area contributed by atoms with E-state index in [0.29, 0.717) is 6.54 Å². The van der Waals surface area contributed by atoms with Crippen molar-refractivity contribution in [3.63, 3.8) is 0 Å². The number of piperidine rings is 1. The summed E-state index contributed by atoms with van der Waals surface area (Å²) in [6.07, 6.45) is 2.36. The predicted octanol–water partition coefficient (Wildman–Crippen LogP) is 3.64. The average Bonchev–Trinajstić information content (AvgIpc) is 2.75. The van der Waals surface area contributed by atoms with Crippen molar-refractivity contribution in [3.05, 3.63) is 29.8 Å². The Morgan fingerprint density at radius 2 is 1.97 bits per heavy atom. The van der Waals surface area contributed by atoms with E-state index in [1.165, 1.54) is 7.11 Å². The zero-order valence-corrected chi connectivity index (χ0v) is 20.8. The van der Waals surface area contributed by atoms with Gasteiger partial charge in [0.25, 0.3) is 0 Å². The molecular weight excluding hydrogens is 495 g/mol. The molecule has 1 aromatic rings. The molecule has 0 bridgehead atoms. The minimum absolute atomic E-state index is 0. The van der Waals surface area contributed by atoms with Crippen LogP contribution in [0.1, 0.15) is 45.6 Å². The summed E-state index contributed by atoms with van der Waals surface area (Å²) < 4.78 is 4.87. The van der Waals surface area contributed by atoms with E-state index in [1.54, 1.807) is 0 Å². The molecule has 2 rings (SSSR count). The minimum atomic E-state index is -0.122. The number of halogens is 1. The molecule has 0 saturated carbocycles. The summed E-state index contributed by atoms with van der Waals surface area (Å²) in [6.45, 7) is 8.82. The van der Waals surface area contributed by atoms with Crippen LogP contribution in [0.3, 0.4) is 0 Å². The smallest absolute Gasteiger partial charge is 0.308 e. The molecule has 1 aromatic carbocycles. The zero-order valence-electron chi connectivity index (χ0n) is 18.4. The number of rotatable bonds is 7. The third-order valence-corrected chi connectivity index (χ3v) is 5.33. The van der Waals surface area contributed by atoms with Crippen LogP contribution in [0.4, 0.5) is 5.69 Å². The van der Waals surface area contributed by atoms with Crippen molar-refractivity contribution in [3.8, 4) is 0 Å². The Balaban J connectivity index is 0.00000450. The van der Waals surface area contributed by atoms with Crippen LogP contribution in [0.5, 0.6) is 0 Å². The number of ether oxygens (including phenoxy) is 1. The number of carbonyl (C=O) groups excluding carboxylic acids is 2. The lowest BCUT2D eigenvalue weighted by Gasteiger charge is -2.33. The molecule has 1 unspecified atom stereocenters. The molecule has 7 nitrogen and oxygen atoms in total. The van der Waals surface area contributed by atoms with Crippen LogP contribution in [0.2, 0.25) is 0 Å². The number of anilines is 1. The van der Waals surface area contributed by atoms with E-state index in [4.69, 9.17) is 9.73 Å². The summed E-state index contributed by atoms with van der Waals surface area (Å²) >= 11 is 0. The summed E-state index contributed by atoms with van der Waals surface area (Å²) in [5.74, 6) is 0.734. The molecule has 0 aliphatic carbocycles. The molecule has 1 fully saturated rings. The van der Waals surface area contributed by atoms with Crippen LogP contribution >= 0.6 is 24.0 Å². The molecule has 1 aliphatic heterocycles. The van der Waals surface area contributed by atoms with Crippen LogP contribution in [0.25, 0.3) is 0 Å². The SMILES string of the molecule is CCNC(=NCc1cccc(NC(=O)C(C)CC)c1)N1CCC(C(=O)OC)CC1.I. The van der Waals surface area contributed by atoms with Gasteiger partial charge in [-0.05, 0) is 43.9 Å². The maximum atomic E-state index is 12.1. The van der Waals surface area contributed by atoms with Gasteiger partial charge >= 0.3 is 5.97 Å². The first-order valence-corrected chi connectivity index (χ1v) is 10.5. The molecule has 2 N–H and O–H groups in total. The van der Waals surface area contributed by atoms with Crippen LogP contribution in [-0.2, 0) is 20.9 Å². The number of benzene rings is 1. The second kappa shape index (κ2) is 13.5. The highest BCUT2D eigenvalue weighted by Crippen LogP contribution is 2.19. The Labute approximate surface area is 197 Å². The van der Waals surface area contributed by atoms with Crippen molar-refractivity contribution >= 4 is 47.5 Å². The summed E-state index contributed by atoms with van der Waals surface area (Å²) in [5, 5.41) is 6.31. The van der Waals surface area contributed by atoms with Crippen LogP contribution < -0.4 is 10.6 Å². The van der Waals surface area contributed by atoms with Crippen molar-refractivity contribution in [1.29, 1.82) is 0 Å². The van der Waals surface area contributed by atoms with Gasteiger partial charge in [-0.3, -0.25) is 9.59 Å². The molecule has 0 spiro atoms. The molecule has 168 valence electrons. The van der Waals surface area contributed by atoms with Gasteiger partial charge in [-0.25, -0.2) is 4.99 Å². The first-order chi connectivity index (χ1) is 14.0. The van der Waals surface area contributed by atoms with E-state index in [1.807, 2.05) is 45.0 Å². The van der Waals surface area contributed by atoms with Crippen LogP contribution in [-0.4, -0.2) is 49.5 Å². The van der Waals surface area contributed by atoms with Crippen molar-refractivity contribution in [1.82, 2.24) is 10.2 Å². The maximum Gasteiger partial charge on any atom is 0.308 e. The number of esters is 1. The fourth-order valence-corrected chi connectivity index (χ4v) is 3.28. The first kappa shape index (κ1) is 26.2. The molecule has 1 saturated heterocycles. The molecule has 1 atom stereocenters. The Bertz CT molecular complexity index is 718. The third-order valence-electron chi connectivity index (χ3n) is 5.33. The summed E-state index contributed by atoms with van der Waals surface area (Å²) in [6, 6.07) is 7.81. The van der Waals surface area contributed by atoms with Crippen LogP contribution in [0.15, 0.2) is 29.3 Å². The van der Waals surface area contributed by atoms with Crippen molar-refractivity contribution in [2.24, 2.45) is 16.8 Å². The monoisotopic (exact) mass is 530 g/mol. The lowest BCUT2D eigenvalue weighted by molar-refractivity contribution is -0.146. The molecule has 30 heavy (non-hydrogen) atoms. The van der Waals surface area contributed by atoms with E-state index in [9.17, 15) is 9.59 Å². The van der Waals surface area contributed by atoms with Crippen molar-refractivity contribution in [2.75, 3.05) is 32.1 Å². The minimum Gasteiger partial charge on any atom is -0.469 e. The van der Waals surface area contributed by atoms with Gasteiger partial charge in [0, 0.05) is 31.2 Å². The summed E-state index contributed by atoms with van der Waals surface area (Å²) in [7, 11) is 1.44. The highest BCUT2D eigenvalue weighted by Gasteiger charge is 2.26. The number of amides is 1. The van der Waals surface area contributed by atoms with Crippen LogP contribution in [0, 0.1) is 11.8 Å². The number of hydrogen-bond acceptors (Lipinski definition) is 4. The number of hydrogen-bond donors (Lipinski definition) is 2. The molecule has 0 radical (unpaired) electrons. The standard InChI is InChI=1S/C22H34N4O3.HI/c1-5-16(3)20(27)25-19-9-7-8-17(14-19)15-24-22(23-6-2)26-12-10-18(11-13-26)21(28)29-4;/h7-9,14,16,18H,5-6,10-13,15H2,1-4H3,(H,23,24)(H,25,27);1H. The van der Waals surface area contributed by atoms with Gasteiger partial charge in [0.2, 0.25) is 5.91 Å². The summed E-state index contributed by atoms with van der Waals surface area (Å²) in [5.41, 5.74) is 1.83. The van der Waals surface area contributed by atoms with Gasteiger partial charge in [0.1, 0.15) is 0 Å². The van der Waals surface area contributed by atoms with E-state index < -0.39 is 0 Å². The molecule has 1 heterocycles. The maximum absolute atomic E-state index is 12.1. The van der Waals surface area contributed by atoms with Gasteiger partial charge in [-0.2, -0.15) is 0 Å². The predicted molar refractivity (Wildman–Crippen MR) is 131 cm³/mol. The van der Waals surface area contributed by atoms with Gasteiger partial charge in [-0.15, -0.1) is 24.0 Å². The van der Waals surface area contributed by atoms with E-state index in [2.05, 4.69) is 15.5 Å². The van der Waals surface area contributed by atoms with Gasteiger partial charge in [0.15, 0.2) is 5.96 Å². The topological polar surface area (TPSA) is 83.0 Å². The van der Waals surface area contributed by atoms with Gasteiger partial charge in [-0.1, -0.05) is 26.0 Å². The van der Waals surface area contributed by atoms with Crippen molar-refractivity contribution in [2.45, 2.75) is 46.6 Å². The second-order valence-corrected chi connectivity index (χ2v) is 7.45. The van der Waals surface area contributed by atoms with E-state index in [0.717, 1.165) is 56.1 Å². The largest absolute Gasteiger partial charge is 0.469 e. The average molecular weight is 530 g/mol. The van der Waals surface area contributed by atoms with Gasteiger partial charge in [0.05, 0.1) is 19.6 Å². The van der Waals surface area contributed by atoms with Gasteiger partial charge < -0.3 is 20.3 Å². The number of methoxy groups -OCH3 is 1. The molecule has 1 amide bonds. The Morgan fingerprint density at radius 1 is 1.27 bits per heavy atom. The normalized spacial score (nSPS) is 15.7. The second-order valence-electron chi connectivity index (χ2n) is 7.45. The third kappa shape index (κ3) is 7.77. The van der Waals surface area contributed by atoms with Crippen molar-refractivity contribution < 1.29 is 14.3 Å². The fourth-order valence-electron chi connectivity index (χ4n) is 3.28. The molecular formula is C22H35IN4O3. The number of guanidine groups is 1. The Morgan fingerprint density at radius 3 is 2.57 bits per heavy atom. The highest BCUT2D eigenvalue weighted by molar-refractivity contribution is 14.0. The molecule has 1 aliphatic rings. The lowest BCUT2D eigenvalue weighted by Crippen LogP contribution is -2.46. The Kier molecular flexibility index (Phi) is 11.8. The number of likely N-dealkylation sites (tertiary alicyclic amines) is 1. The Hall–Kier alpha value is -1.84. The number of aliphatic imine (C=N–C) groups is 1. The summed E-state index contributed by atoms with van der Waals surface area (Å²) in [4.78, 5) is 30.8. The quantitative estimate of drug-likeness (QED) is 0.244. The zero-order chi connectivity index (χ0) is 21.2. The van der Waals surface area contributed by atoms with E-state index >= 15 is 0 Å². The lowest BCUT2D eigenvalue weighted by atomic mass is 9.97. The van der Waals surface area contributed by atoms with E-state index in [-0.39, 0.29) is 47.7 Å². The molecule has 8 heteroatoms. The first-order valence-electron chi connectivity index (χ1n) is 10.5. The number of nitrogens with zero attached hydrogens (tertiary/aromatic N) is 2. The number of nitrogens with one attached hydrogen (secondary N) is 2. The highest BCUT2D eigenvalue weighted by atomic mass is 127.